The molecular weight excluding hydrogens is 158 g/mol. The Kier molecular flexibility index (Phi) is 4.38. The van der Waals surface area contributed by atoms with Crippen molar-refractivity contribution in [1.29, 1.82) is 0 Å². The van der Waals surface area contributed by atoms with Gasteiger partial charge in [-0.05, 0) is 24.8 Å². The van der Waals surface area contributed by atoms with Gasteiger partial charge < -0.3 is 5.32 Å². The molecule has 0 amide bonds. The van der Waals surface area contributed by atoms with Crippen LogP contribution in [0.1, 0.15) is 25.7 Å². The molecule has 3 nitrogen and oxygen atoms in total. The Hall–Kier alpha value is -0.220. The molecule has 11 heavy (non-hydrogen) atoms. The fourth-order valence-electron chi connectivity index (χ4n) is 1.10. The number of hydrogen-bond acceptors (Lipinski definition) is 4. The van der Waals surface area contributed by atoms with Gasteiger partial charge in [0.15, 0.2) is 5.17 Å². The molecule has 0 saturated heterocycles. The van der Waals surface area contributed by atoms with Gasteiger partial charge in [-0.15, -0.1) is 0 Å². The Bertz CT molecular complexity index is 136. The summed E-state index contributed by atoms with van der Waals surface area (Å²) < 4.78 is 0. The lowest BCUT2D eigenvalue weighted by Gasteiger charge is -2.03. The standard InChI is InChI=1S/C7H15N3S/c8-11-7-9-5-3-1-2-4-6-10-7/h1-6,8H2,(H,9,10). The lowest BCUT2D eigenvalue weighted by atomic mass is 10.2. The smallest absolute Gasteiger partial charge is 0.171 e. The summed E-state index contributed by atoms with van der Waals surface area (Å²) in [5.74, 6) is 0. The van der Waals surface area contributed by atoms with Crippen LogP contribution in [-0.2, 0) is 0 Å². The fraction of sp³-hybridized carbons (Fsp3) is 0.857. The maximum atomic E-state index is 5.40. The van der Waals surface area contributed by atoms with E-state index in [0.717, 1.165) is 18.3 Å². The Labute approximate surface area is 72.0 Å². The van der Waals surface area contributed by atoms with Crippen LogP contribution in [0, 0.1) is 0 Å². The van der Waals surface area contributed by atoms with E-state index in [1.165, 1.54) is 37.6 Å². The fourth-order valence-corrected chi connectivity index (χ4v) is 1.45. The first kappa shape index (κ1) is 8.87. The van der Waals surface area contributed by atoms with Crippen LogP contribution < -0.4 is 10.5 Å². The summed E-state index contributed by atoms with van der Waals surface area (Å²) >= 11 is 1.22. The highest BCUT2D eigenvalue weighted by Crippen LogP contribution is 2.03. The van der Waals surface area contributed by atoms with Crippen LogP contribution >= 0.6 is 11.9 Å². The summed E-state index contributed by atoms with van der Waals surface area (Å²) in [6.45, 7) is 1.94. The van der Waals surface area contributed by atoms with Crippen molar-refractivity contribution in [3.05, 3.63) is 0 Å². The van der Waals surface area contributed by atoms with Gasteiger partial charge in [-0.3, -0.25) is 10.1 Å². The Morgan fingerprint density at radius 3 is 2.91 bits per heavy atom. The second-order valence-corrected chi connectivity index (χ2v) is 3.27. The minimum absolute atomic E-state index is 0.895. The van der Waals surface area contributed by atoms with Crippen molar-refractivity contribution in [3.8, 4) is 0 Å². The number of nitrogens with one attached hydrogen (secondary N) is 1. The van der Waals surface area contributed by atoms with Crippen LogP contribution in [0.3, 0.4) is 0 Å². The van der Waals surface area contributed by atoms with Gasteiger partial charge in [-0.25, -0.2) is 0 Å². The van der Waals surface area contributed by atoms with E-state index in [-0.39, 0.29) is 0 Å². The molecule has 0 bridgehead atoms. The Morgan fingerprint density at radius 2 is 2.09 bits per heavy atom. The number of rotatable bonds is 0. The van der Waals surface area contributed by atoms with Crippen LogP contribution in [0.4, 0.5) is 0 Å². The van der Waals surface area contributed by atoms with Gasteiger partial charge in [0.2, 0.25) is 0 Å². The van der Waals surface area contributed by atoms with Crippen molar-refractivity contribution in [2.75, 3.05) is 13.1 Å². The molecule has 1 aliphatic rings. The zero-order valence-corrected chi connectivity index (χ0v) is 7.49. The quantitative estimate of drug-likeness (QED) is 0.540. The summed E-state index contributed by atoms with van der Waals surface area (Å²) in [6.07, 6.45) is 5.05. The third-order valence-corrected chi connectivity index (χ3v) is 2.22. The van der Waals surface area contributed by atoms with Crippen LogP contribution in [0.15, 0.2) is 4.99 Å². The highest BCUT2D eigenvalue weighted by Gasteiger charge is 1.98. The summed E-state index contributed by atoms with van der Waals surface area (Å²) in [7, 11) is 0. The van der Waals surface area contributed by atoms with Gasteiger partial charge in [0.05, 0.1) is 0 Å². The lowest BCUT2D eigenvalue weighted by molar-refractivity contribution is 0.651. The van der Waals surface area contributed by atoms with E-state index in [0.29, 0.717) is 0 Å². The molecule has 1 heterocycles. The predicted molar refractivity (Wildman–Crippen MR) is 50.6 cm³/mol. The van der Waals surface area contributed by atoms with Gasteiger partial charge in [0.1, 0.15) is 0 Å². The van der Waals surface area contributed by atoms with E-state index in [4.69, 9.17) is 5.14 Å². The van der Waals surface area contributed by atoms with Crippen molar-refractivity contribution >= 4 is 17.1 Å². The molecule has 0 aromatic heterocycles. The summed E-state index contributed by atoms with van der Waals surface area (Å²) in [6, 6.07) is 0. The van der Waals surface area contributed by atoms with Gasteiger partial charge in [0.25, 0.3) is 0 Å². The zero-order valence-electron chi connectivity index (χ0n) is 6.68. The van der Waals surface area contributed by atoms with Crippen molar-refractivity contribution in [2.45, 2.75) is 25.7 Å². The average molecular weight is 173 g/mol. The molecule has 0 aliphatic carbocycles. The minimum Gasteiger partial charge on any atom is -0.364 e. The highest BCUT2D eigenvalue weighted by molar-refractivity contribution is 8.11. The first-order valence-electron chi connectivity index (χ1n) is 4.08. The molecule has 1 rings (SSSR count). The van der Waals surface area contributed by atoms with E-state index in [1.54, 1.807) is 0 Å². The SMILES string of the molecule is NS/C1=N/CCCCCCN1. The molecule has 0 unspecified atom stereocenters. The largest absolute Gasteiger partial charge is 0.364 e. The molecule has 0 fully saturated rings. The number of aliphatic imine (C=N–C) groups is 1. The molecule has 64 valence electrons. The molecule has 0 atom stereocenters. The van der Waals surface area contributed by atoms with Crippen molar-refractivity contribution in [3.63, 3.8) is 0 Å². The van der Waals surface area contributed by atoms with Crippen LogP contribution in [0.2, 0.25) is 0 Å². The molecule has 1 aliphatic heterocycles. The molecule has 0 aromatic carbocycles. The van der Waals surface area contributed by atoms with Crippen LogP contribution in [0.5, 0.6) is 0 Å². The molecule has 0 spiro atoms. The normalized spacial score (nSPS) is 25.4. The van der Waals surface area contributed by atoms with E-state index in [1.807, 2.05) is 0 Å². The third-order valence-electron chi connectivity index (χ3n) is 1.73. The highest BCUT2D eigenvalue weighted by atomic mass is 32.2. The van der Waals surface area contributed by atoms with Gasteiger partial charge in [-0.1, -0.05) is 12.8 Å². The van der Waals surface area contributed by atoms with E-state index >= 15 is 0 Å². The monoisotopic (exact) mass is 173 g/mol. The lowest BCUT2D eigenvalue weighted by Crippen LogP contribution is -2.22. The molecule has 0 aromatic rings. The Balaban J connectivity index is 2.34. The van der Waals surface area contributed by atoms with E-state index < -0.39 is 0 Å². The van der Waals surface area contributed by atoms with Crippen molar-refractivity contribution in [2.24, 2.45) is 10.1 Å². The maximum absolute atomic E-state index is 5.40. The number of nitrogens with zero attached hydrogens (tertiary/aromatic N) is 1. The second-order valence-electron chi connectivity index (χ2n) is 2.65. The Morgan fingerprint density at radius 1 is 1.27 bits per heavy atom. The van der Waals surface area contributed by atoms with Crippen LogP contribution in [0.25, 0.3) is 0 Å². The maximum Gasteiger partial charge on any atom is 0.171 e. The topological polar surface area (TPSA) is 50.4 Å². The second kappa shape index (κ2) is 5.43. The van der Waals surface area contributed by atoms with Crippen LogP contribution in [-0.4, -0.2) is 18.3 Å². The number of nitrogens with two attached hydrogens (primary N) is 1. The van der Waals surface area contributed by atoms with E-state index in [9.17, 15) is 0 Å². The number of amidine groups is 1. The van der Waals surface area contributed by atoms with E-state index in [2.05, 4.69) is 10.3 Å². The summed E-state index contributed by atoms with van der Waals surface area (Å²) in [5, 5.41) is 9.49. The van der Waals surface area contributed by atoms with Gasteiger partial charge in [0, 0.05) is 13.1 Å². The average Bonchev–Trinajstić information content (AvgIpc) is 2.16. The first-order valence-corrected chi connectivity index (χ1v) is 4.96. The minimum atomic E-state index is 0.895. The van der Waals surface area contributed by atoms with Gasteiger partial charge >= 0.3 is 0 Å². The van der Waals surface area contributed by atoms with Gasteiger partial charge in [-0.2, -0.15) is 0 Å². The molecular formula is C7H15N3S. The summed E-state index contributed by atoms with van der Waals surface area (Å²) in [5.41, 5.74) is 0. The first-order chi connectivity index (χ1) is 5.43. The summed E-state index contributed by atoms with van der Waals surface area (Å²) in [4.78, 5) is 4.31. The molecule has 4 heteroatoms. The molecule has 0 radical (unpaired) electrons. The third kappa shape index (κ3) is 3.62. The van der Waals surface area contributed by atoms with Crippen molar-refractivity contribution < 1.29 is 0 Å². The zero-order chi connectivity index (χ0) is 7.94. The predicted octanol–water partition coefficient (Wildman–Crippen LogP) is 1.11. The van der Waals surface area contributed by atoms with Crippen molar-refractivity contribution in [1.82, 2.24) is 5.32 Å². The molecule has 3 N–H and O–H groups in total. The molecule has 0 saturated carbocycles. The number of hydrogen-bond donors (Lipinski definition) is 2.